The molecule has 0 unspecified atom stereocenters. The van der Waals surface area contributed by atoms with E-state index in [1.807, 2.05) is 45.9 Å². The van der Waals surface area contributed by atoms with Crippen molar-refractivity contribution in [1.29, 1.82) is 0 Å². The van der Waals surface area contributed by atoms with Gasteiger partial charge in [0, 0.05) is 11.1 Å². The Morgan fingerprint density at radius 1 is 1.07 bits per heavy atom. The molecule has 0 radical (unpaired) electrons. The highest BCUT2D eigenvalue weighted by atomic mass is 16.3. The minimum Gasteiger partial charge on any atom is -0.483 e. The number of benzene rings is 1. The SMILES string of the molecule is C=C/C(=C\C=C(/C)CCc1ccc2ccccc2n1)CC.CC.CC.O=CO. The Bertz CT molecular complexity index is 730. The number of allylic oxidation sites excluding steroid dienone is 5. The highest BCUT2D eigenvalue weighted by molar-refractivity contribution is 5.78. The van der Waals surface area contributed by atoms with Crippen LogP contribution in [0.15, 0.2) is 72.4 Å². The number of hydrogen-bond donors (Lipinski definition) is 1. The zero-order valence-corrected chi connectivity index (χ0v) is 18.4. The molecule has 0 fully saturated rings. The predicted molar refractivity (Wildman–Crippen MR) is 124 cm³/mol. The van der Waals surface area contributed by atoms with Crippen molar-refractivity contribution in [3.8, 4) is 0 Å². The Labute approximate surface area is 171 Å². The number of aromatic nitrogens is 1. The van der Waals surface area contributed by atoms with Crippen molar-refractivity contribution in [2.45, 2.75) is 60.8 Å². The Morgan fingerprint density at radius 3 is 2.25 bits per heavy atom. The quantitative estimate of drug-likeness (QED) is 0.418. The van der Waals surface area contributed by atoms with E-state index >= 15 is 0 Å². The molecule has 1 aromatic carbocycles. The summed E-state index contributed by atoms with van der Waals surface area (Å²) in [6.07, 6.45) is 9.33. The standard InChI is InChI=1S/C20H23N.2C2H6.CH2O2/c1-4-17(5-2)12-10-16(3)11-14-19-15-13-18-8-6-7-9-20(18)21-19;2*1-2;2-1-3/h4,6-10,12-13,15H,1,5,11,14H2,2-3H3;2*1-2H3;1H,(H,2,3)/b16-10+,17-12+;;;. The van der Waals surface area contributed by atoms with Gasteiger partial charge in [0.1, 0.15) is 0 Å². The Morgan fingerprint density at radius 2 is 1.68 bits per heavy atom. The number of carbonyl (C=O) groups is 1. The third-order valence-electron chi connectivity index (χ3n) is 3.68. The lowest BCUT2D eigenvalue weighted by Gasteiger charge is -2.03. The van der Waals surface area contributed by atoms with Gasteiger partial charge < -0.3 is 5.11 Å². The van der Waals surface area contributed by atoms with Crippen molar-refractivity contribution in [2.75, 3.05) is 0 Å². The number of carboxylic acid groups (broad SMARTS) is 1. The van der Waals surface area contributed by atoms with Gasteiger partial charge in [0.2, 0.25) is 0 Å². The van der Waals surface area contributed by atoms with Crippen LogP contribution >= 0.6 is 0 Å². The van der Waals surface area contributed by atoms with Gasteiger partial charge in [-0.1, -0.05) is 89.3 Å². The van der Waals surface area contributed by atoms with Gasteiger partial charge in [-0.25, -0.2) is 0 Å². The van der Waals surface area contributed by atoms with Crippen molar-refractivity contribution in [2.24, 2.45) is 0 Å². The molecule has 0 amide bonds. The maximum absolute atomic E-state index is 8.36. The van der Waals surface area contributed by atoms with Crippen molar-refractivity contribution >= 4 is 17.4 Å². The smallest absolute Gasteiger partial charge is 0.290 e. The molecular formula is C25H37NO2. The molecule has 0 aliphatic heterocycles. The summed E-state index contributed by atoms with van der Waals surface area (Å²) in [6, 6.07) is 12.5. The molecule has 28 heavy (non-hydrogen) atoms. The highest BCUT2D eigenvalue weighted by Gasteiger charge is 1.99. The normalized spacial score (nSPS) is 10.4. The summed E-state index contributed by atoms with van der Waals surface area (Å²) in [5.41, 5.74) is 4.89. The monoisotopic (exact) mass is 383 g/mol. The molecule has 3 heteroatoms. The number of rotatable bonds is 6. The van der Waals surface area contributed by atoms with E-state index in [4.69, 9.17) is 14.9 Å². The number of nitrogens with zero attached hydrogens (tertiary/aromatic N) is 1. The first-order chi connectivity index (χ1) is 13.6. The van der Waals surface area contributed by atoms with E-state index in [0.717, 1.165) is 30.5 Å². The number of aryl methyl sites for hydroxylation is 1. The molecular weight excluding hydrogens is 346 g/mol. The topological polar surface area (TPSA) is 50.2 Å². The number of pyridine rings is 1. The van der Waals surface area contributed by atoms with E-state index < -0.39 is 0 Å². The summed E-state index contributed by atoms with van der Waals surface area (Å²) < 4.78 is 0. The first kappa shape index (κ1) is 27.5. The van der Waals surface area contributed by atoms with Gasteiger partial charge in [-0.15, -0.1) is 0 Å². The van der Waals surface area contributed by atoms with Crippen molar-refractivity contribution < 1.29 is 9.90 Å². The number of hydrogen-bond acceptors (Lipinski definition) is 2. The first-order valence-electron chi connectivity index (χ1n) is 10.1. The van der Waals surface area contributed by atoms with Gasteiger partial charge in [-0.2, -0.15) is 0 Å². The molecule has 0 aliphatic rings. The van der Waals surface area contributed by atoms with Crippen molar-refractivity contribution in [1.82, 2.24) is 4.98 Å². The fourth-order valence-electron chi connectivity index (χ4n) is 2.24. The maximum Gasteiger partial charge on any atom is 0.290 e. The van der Waals surface area contributed by atoms with E-state index in [2.05, 4.69) is 56.8 Å². The lowest BCUT2D eigenvalue weighted by Crippen LogP contribution is -1.91. The van der Waals surface area contributed by atoms with Crippen LogP contribution < -0.4 is 0 Å². The summed E-state index contributed by atoms with van der Waals surface area (Å²) in [7, 11) is 0. The number of para-hydroxylation sites is 1. The lowest BCUT2D eigenvalue weighted by molar-refractivity contribution is -0.122. The molecule has 2 aromatic rings. The molecule has 0 aliphatic carbocycles. The molecule has 2 rings (SSSR count). The largest absolute Gasteiger partial charge is 0.483 e. The molecule has 1 N–H and O–H groups in total. The van der Waals surface area contributed by atoms with Gasteiger partial charge in [-0.05, 0) is 43.9 Å². The van der Waals surface area contributed by atoms with Gasteiger partial charge >= 0.3 is 0 Å². The molecule has 0 saturated heterocycles. The first-order valence-corrected chi connectivity index (χ1v) is 10.1. The molecule has 1 aromatic heterocycles. The minimum absolute atomic E-state index is 0.250. The summed E-state index contributed by atoms with van der Waals surface area (Å²) in [5.74, 6) is 0. The Hall–Kier alpha value is -2.68. The third kappa shape index (κ3) is 11.8. The molecule has 154 valence electrons. The second-order valence-electron chi connectivity index (χ2n) is 5.41. The maximum atomic E-state index is 8.36. The van der Waals surface area contributed by atoms with E-state index in [-0.39, 0.29) is 6.47 Å². The van der Waals surface area contributed by atoms with Gasteiger partial charge in [0.25, 0.3) is 6.47 Å². The Balaban J connectivity index is 0. The van der Waals surface area contributed by atoms with Crippen LogP contribution in [0, 0.1) is 0 Å². The van der Waals surface area contributed by atoms with Gasteiger partial charge in [0.15, 0.2) is 0 Å². The molecule has 0 atom stereocenters. The van der Waals surface area contributed by atoms with Crippen LogP contribution in [0.1, 0.15) is 60.1 Å². The van der Waals surface area contributed by atoms with Crippen LogP contribution in [-0.4, -0.2) is 16.6 Å². The van der Waals surface area contributed by atoms with Crippen LogP contribution in [-0.2, 0) is 11.2 Å². The number of fused-ring (bicyclic) bond motifs is 1. The molecule has 3 nitrogen and oxygen atoms in total. The summed E-state index contributed by atoms with van der Waals surface area (Å²) in [4.78, 5) is 13.1. The molecule has 0 spiro atoms. The van der Waals surface area contributed by atoms with Crippen LogP contribution in [0.5, 0.6) is 0 Å². The molecule has 0 saturated carbocycles. The predicted octanol–water partition coefficient (Wildman–Crippen LogP) is 7.39. The van der Waals surface area contributed by atoms with Gasteiger partial charge in [-0.3, -0.25) is 9.78 Å². The zero-order chi connectivity index (χ0) is 21.8. The zero-order valence-electron chi connectivity index (χ0n) is 18.4. The lowest BCUT2D eigenvalue weighted by atomic mass is 10.1. The molecule has 0 bridgehead atoms. The van der Waals surface area contributed by atoms with Crippen LogP contribution in [0.2, 0.25) is 0 Å². The average Bonchev–Trinajstić information content (AvgIpc) is 2.76. The second kappa shape index (κ2) is 19.1. The third-order valence-corrected chi connectivity index (χ3v) is 3.68. The van der Waals surface area contributed by atoms with Gasteiger partial charge in [0.05, 0.1) is 5.52 Å². The van der Waals surface area contributed by atoms with E-state index in [0.29, 0.717) is 0 Å². The summed E-state index contributed by atoms with van der Waals surface area (Å²) in [6.45, 7) is 15.9. The fraction of sp³-hybridized carbons (Fsp3) is 0.360. The minimum atomic E-state index is -0.250. The fourth-order valence-corrected chi connectivity index (χ4v) is 2.24. The van der Waals surface area contributed by atoms with E-state index in [1.165, 1.54) is 16.5 Å². The van der Waals surface area contributed by atoms with Crippen molar-refractivity contribution in [3.05, 3.63) is 78.0 Å². The highest BCUT2D eigenvalue weighted by Crippen LogP contribution is 2.14. The summed E-state index contributed by atoms with van der Waals surface area (Å²) in [5, 5.41) is 8.09. The van der Waals surface area contributed by atoms with E-state index in [1.54, 1.807) is 0 Å². The van der Waals surface area contributed by atoms with E-state index in [9.17, 15) is 0 Å². The van der Waals surface area contributed by atoms with Crippen molar-refractivity contribution in [3.63, 3.8) is 0 Å². The summed E-state index contributed by atoms with van der Waals surface area (Å²) >= 11 is 0. The second-order valence-corrected chi connectivity index (χ2v) is 5.41. The average molecular weight is 384 g/mol. The Kier molecular flexibility index (Phi) is 18.8. The van der Waals surface area contributed by atoms with Crippen LogP contribution in [0.3, 0.4) is 0 Å². The molecule has 1 heterocycles. The van der Waals surface area contributed by atoms with Crippen LogP contribution in [0.4, 0.5) is 0 Å². The van der Waals surface area contributed by atoms with Crippen LogP contribution in [0.25, 0.3) is 10.9 Å².